The maximum Gasteiger partial charge on any atom is 0.231 e. The van der Waals surface area contributed by atoms with Crippen LogP contribution in [0.5, 0.6) is 0 Å². The molecule has 1 amide bonds. The molecule has 0 saturated carbocycles. The standard InChI is InChI=1S/C16H22N2O/c1-11-7-13(9-12-3-5-17-6-4-12)16-14(8-11)10-15(19)18(16)2/h7-8,12,17H,3-6,9-10H2,1-2H3. The van der Waals surface area contributed by atoms with E-state index in [2.05, 4.69) is 24.4 Å². The topological polar surface area (TPSA) is 32.3 Å². The molecule has 3 nitrogen and oxygen atoms in total. The Labute approximate surface area is 115 Å². The Morgan fingerprint density at radius 2 is 2.05 bits per heavy atom. The lowest BCUT2D eigenvalue weighted by Gasteiger charge is -2.25. The Balaban J connectivity index is 1.90. The number of amides is 1. The van der Waals surface area contributed by atoms with Gasteiger partial charge in [0.2, 0.25) is 5.91 Å². The number of anilines is 1. The maximum absolute atomic E-state index is 11.9. The van der Waals surface area contributed by atoms with Gasteiger partial charge in [-0.15, -0.1) is 0 Å². The Morgan fingerprint density at radius 1 is 1.32 bits per heavy atom. The van der Waals surface area contributed by atoms with Gasteiger partial charge in [0.1, 0.15) is 0 Å². The lowest BCUT2D eigenvalue weighted by atomic mass is 9.89. The summed E-state index contributed by atoms with van der Waals surface area (Å²) in [6, 6.07) is 4.44. The van der Waals surface area contributed by atoms with E-state index in [-0.39, 0.29) is 5.91 Å². The highest BCUT2D eigenvalue weighted by Crippen LogP contribution is 2.35. The highest BCUT2D eigenvalue weighted by molar-refractivity contribution is 6.01. The average Bonchev–Trinajstić information content (AvgIpc) is 2.66. The SMILES string of the molecule is Cc1cc2c(c(CC3CCNCC3)c1)N(C)C(=O)C2. The number of fused-ring (bicyclic) bond motifs is 1. The van der Waals surface area contributed by atoms with Gasteiger partial charge in [0, 0.05) is 7.05 Å². The van der Waals surface area contributed by atoms with Gasteiger partial charge in [0.25, 0.3) is 0 Å². The number of aryl methyl sites for hydroxylation is 1. The monoisotopic (exact) mass is 258 g/mol. The Morgan fingerprint density at radius 3 is 2.79 bits per heavy atom. The molecule has 3 heteroatoms. The zero-order chi connectivity index (χ0) is 13.4. The van der Waals surface area contributed by atoms with E-state index in [1.165, 1.54) is 35.2 Å². The van der Waals surface area contributed by atoms with Crippen molar-refractivity contribution in [3.63, 3.8) is 0 Å². The van der Waals surface area contributed by atoms with Crippen molar-refractivity contribution in [2.45, 2.75) is 32.6 Å². The number of nitrogens with zero attached hydrogens (tertiary/aromatic N) is 1. The molecule has 19 heavy (non-hydrogen) atoms. The summed E-state index contributed by atoms with van der Waals surface area (Å²) in [5.74, 6) is 0.989. The Hall–Kier alpha value is -1.35. The van der Waals surface area contributed by atoms with E-state index in [0.717, 1.165) is 25.4 Å². The minimum Gasteiger partial charge on any atom is -0.317 e. The number of rotatable bonds is 2. The second kappa shape index (κ2) is 4.97. The fourth-order valence-electron chi connectivity index (χ4n) is 3.46. The van der Waals surface area contributed by atoms with Gasteiger partial charge in [-0.3, -0.25) is 4.79 Å². The summed E-state index contributed by atoms with van der Waals surface area (Å²) in [6.45, 7) is 4.40. The number of nitrogens with one attached hydrogen (secondary N) is 1. The summed E-state index contributed by atoms with van der Waals surface area (Å²) >= 11 is 0. The van der Waals surface area contributed by atoms with Crippen molar-refractivity contribution in [3.05, 3.63) is 28.8 Å². The normalized spacial score (nSPS) is 19.9. The molecule has 1 N–H and O–H groups in total. The number of likely N-dealkylation sites (N-methyl/N-ethyl adjacent to an activating group) is 1. The van der Waals surface area contributed by atoms with E-state index in [4.69, 9.17) is 0 Å². The van der Waals surface area contributed by atoms with Crippen molar-refractivity contribution in [2.24, 2.45) is 5.92 Å². The van der Waals surface area contributed by atoms with Crippen molar-refractivity contribution < 1.29 is 4.79 Å². The molecule has 2 aliphatic rings. The number of carbonyl (C=O) groups is 1. The first-order valence-electron chi connectivity index (χ1n) is 7.25. The molecule has 0 bridgehead atoms. The fourth-order valence-corrected chi connectivity index (χ4v) is 3.46. The van der Waals surface area contributed by atoms with Crippen LogP contribution < -0.4 is 10.2 Å². The zero-order valence-electron chi connectivity index (χ0n) is 11.8. The second-order valence-electron chi connectivity index (χ2n) is 5.96. The minimum atomic E-state index is 0.229. The quantitative estimate of drug-likeness (QED) is 0.880. The van der Waals surface area contributed by atoms with E-state index < -0.39 is 0 Å². The molecule has 1 saturated heterocycles. The zero-order valence-corrected chi connectivity index (χ0v) is 11.8. The predicted octanol–water partition coefficient (Wildman–Crippen LogP) is 2.06. The van der Waals surface area contributed by atoms with Gasteiger partial charge in [-0.25, -0.2) is 0 Å². The first kappa shape index (κ1) is 12.7. The van der Waals surface area contributed by atoms with Crippen LogP contribution in [0.4, 0.5) is 5.69 Å². The highest BCUT2D eigenvalue weighted by atomic mass is 16.2. The molecule has 0 spiro atoms. The van der Waals surface area contributed by atoms with Gasteiger partial charge < -0.3 is 10.2 Å². The molecule has 0 aromatic heterocycles. The third-order valence-electron chi connectivity index (χ3n) is 4.43. The number of carbonyl (C=O) groups excluding carboxylic acids is 1. The van der Waals surface area contributed by atoms with E-state index in [0.29, 0.717) is 6.42 Å². The lowest BCUT2D eigenvalue weighted by molar-refractivity contribution is -0.117. The predicted molar refractivity (Wildman–Crippen MR) is 77.6 cm³/mol. The molecule has 2 heterocycles. The van der Waals surface area contributed by atoms with Crippen molar-refractivity contribution in [1.82, 2.24) is 5.32 Å². The van der Waals surface area contributed by atoms with E-state index in [9.17, 15) is 4.79 Å². The second-order valence-corrected chi connectivity index (χ2v) is 5.96. The molecule has 0 radical (unpaired) electrons. The van der Waals surface area contributed by atoms with Gasteiger partial charge in [0.05, 0.1) is 12.1 Å². The van der Waals surface area contributed by atoms with Crippen LogP contribution in [0.25, 0.3) is 0 Å². The molecule has 1 aromatic carbocycles. The number of hydrogen-bond acceptors (Lipinski definition) is 2. The van der Waals surface area contributed by atoms with Crippen molar-refractivity contribution >= 4 is 11.6 Å². The fraction of sp³-hybridized carbons (Fsp3) is 0.562. The Kier molecular flexibility index (Phi) is 3.31. The van der Waals surface area contributed by atoms with Crippen LogP contribution in [0.2, 0.25) is 0 Å². The molecule has 0 atom stereocenters. The van der Waals surface area contributed by atoms with Gasteiger partial charge in [-0.05, 0) is 56.3 Å². The third kappa shape index (κ3) is 2.39. The van der Waals surface area contributed by atoms with Crippen LogP contribution in [-0.2, 0) is 17.6 Å². The number of piperidine rings is 1. The van der Waals surface area contributed by atoms with Crippen molar-refractivity contribution in [3.8, 4) is 0 Å². The van der Waals surface area contributed by atoms with Gasteiger partial charge >= 0.3 is 0 Å². The molecular formula is C16H22N2O. The summed E-state index contributed by atoms with van der Waals surface area (Å²) in [4.78, 5) is 13.8. The summed E-state index contributed by atoms with van der Waals surface area (Å²) in [5, 5.41) is 3.42. The van der Waals surface area contributed by atoms with Gasteiger partial charge in [-0.1, -0.05) is 17.7 Å². The van der Waals surface area contributed by atoms with Gasteiger partial charge in [-0.2, -0.15) is 0 Å². The van der Waals surface area contributed by atoms with E-state index >= 15 is 0 Å². The first-order valence-corrected chi connectivity index (χ1v) is 7.25. The number of benzene rings is 1. The first-order chi connectivity index (χ1) is 9.15. The third-order valence-corrected chi connectivity index (χ3v) is 4.43. The molecular weight excluding hydrogens is 236 g/mol. The van der Waals surface area contributed by atoms with Crippen LogP contribution in [-0.4, -0.2) is 26.0 Å². The average molecular weight is 258 g/mol. The smallest absolute Gasteiger partial charge is 0.231 e. The van der Waals surface area contributed by atoms with Crippen LogP contribution >= 0.6 is 0 Å². The largest absolute Gasteiger partial charge is 0.317 e. The summed E-state index contributed by atoms with van der Waals surface area (Å²) < 4.78 is 0. The van der Waals surface area contributed by atoms with Crippen LogP contribution in [0.15, 0.2) is 12.1 Å². The molecule has 1 fully saturated rings. The van der Waals surface area contributed by atoms with Crippen LogP contribution in [0.3, 0.4) is 0 Å². The molecule has 1 aromatic rings. The van der Waals surface area contributed by atoms with Gasteiger partial charge in [0.15, 0.2) is 0 Å². The van der Waals surface area contributed by atoms with E-state index in [1.807, 2.05) is 11.9 Å². The van der Waals surface area contributed by atoms with Crippen molar-refractivity contribution in [2.75, 3.05) is 25.0 Å². The van der Waals surface area contributed by atoms with Crippen LogP contribution in [0.1, 0.15) is 29.5 Å². The summed E-state index contributed by atoms with van der Waals surface area (Å²) in [6.07, 6.45) is 4.19. The lowest BCUT2D eigenvalue weighted by Crippen LogP contribution is -2.29. The maximum atomic E-state index is 11.9. The number of hydrogen-bond donors (Lipinski definition) is 1. The minimum absolute atomic E-state index is 0.229. The molecule has 102 valence electrons. The van der Waals surface area contributed by atoms with E-state index in [1.54, 1.807) is 0 Å². The summed E-state index contributed by atoms with van der Waals surface area (Å²) in [5.41, 5.74) is 5.06. The Bertz CT molecular complexity index is 504. The molecule has 0 unspecified atom stereocenters. The van der Waals surface area contributed by atoms with Crippen LogP contribution in [0, 0.1) is 12.8 Å². The summed E-state index contributed by atoms with van der Waals surface area (Å²) in [7, 11) is 1.91. The molecule has 0 aliphatic carbocycles. The highest BCUT2D eigenvalue weighted by Gasteiger charge is 2.28. The molecule has 2 aliphatic heterocycles. The van der Waals surface area contributed by atoms with Crippen molar-refractivity contribution in [1.29, 1.82) is 0 Å². The molecule has 3 rings (SSSR count).